The Morgan fingerprint density at radius 3 is 2.76 bits per heavy atom. The highest BCUT2D eigenvalue weighted by Gasteiger charge is 2.26. The van der Waals surface area contributed by atoms with Crippen LogP contribution in [0.2, 0.25) is 5.02 Å². The van der Waals surface area contributed by atoms with Gasteiger partial charge in [-0.1, -0.05) is 11.6 Å². The molecule has 1 atom stereocenters. The molecular formula is C13H15ClO3. The number of carbonyl (C=O) groups is 1. The maximum Gasteiger partial charge on any atom is 0.309 e. The smallest absolute Gasteiger partial charge is 0.309 e. The van der Waals surface area contributed by atoms with Crippen LogP contribution in [-0.2, 0) is 22.4 Å². The molecule has 0 amide bonds. The summed E-state index contributed by atoms with van der Waals surface area (Å²) in [7, 11) is 3.02. The van der Waals surface area contributed by atoms with Crippen LogP contribution in [0.4, 0.5) is 0 Å². The number of fused-ring (bicyclic) bond motifs is 1. The van der Waals surface area contributed by atoms with E-state index in [4.69, 9.17) is 21.1 Å². The first kappa shape index (κ1) is 12.2. The highest BCUT2D eigenvalue weighted by atomic mass is 35.5. The number of aryl methyl sites for hydroxylation is 1. The zero-order valence-corrected chi connectivity index (χ0v) is 10.7. The zero-order valence-electron chi connectivity index (χ0n) is 9.96. The summed E-state index contributed by atoms with van der Waals surface area (Å²) in [6.07, 6.45) is 2.39. The first-order valence-electron chi connectivity index (χ1n) is 5.58. The van der Waals surface area contributed by atoms with E-state index in [1.54, 1.807) is 7.11 Å². The molecule has 0 spiro atoms. The average molecular weight is 255 g/mol. The first-order chi connectivity index (χ1) is 8.15. The number of ether oxygens (including phenoxy) is 2. The summed E-state index contributed by atoms with van der Waals surface area (Å²) >= 11 is 6.07. The number of hydrogen-bond donors (Lipinski definition) is 0. The van der Waals surface area contributed by atoms with Crippen molar-refractivity contribution >= 4 is 17.6 Å². The van der Waals surface area contributed by atoms with Gasteiger partial charge in [-0.2, -0.15) is 0 Å². The second-order valence-electron chi connectivity index (χ2n) is 4.22. The quantitative estimate of drug-likeness (QED) is 0.761. The lowest BCUT2D eigenvalue weighted by molar-refractivity contribution is -0.145. The lowest BCUT2D eigenvalue weighted by atomic mass is 9.84. The average Bonchev–Trinajstić information content (AvgIpc) is 2.36. The Hall–Kier alpha value is -1.22. The summed E-state index contributed by atoms with van der Waals surface area (Å²) in [4.78, 5) is 11.5. The molecular weight excluding hydrogens is 240 g/mol. The van der Waals surface area contributed by atoms with Crippen molar-refractivity contribution in [3.63, 3.8) is 0 Å². The molecule has 1 aromatic rings. The number of carbonyl (C=O) groups excluding carboxylic acids is 1. The van der Waals surface area contributed by atoms with Gasteiger partial charge >= 0.3 is 5.97 Å². The van der Waals surface area contributed by atoms with Crippen LogP contribution >= 0.6 is 11.6 Å². The summed E-state index contributed by atoms with van der Waals surface area (Å²) in [6, 6.07) is 3.86. The van der Waals surface area contributed by atoms with Crippen LogP contribution in [0, 0.1) is 5.92 Å². The van der Waals surface area contributed by atoms with Gasteiger partial charge in [0.25, 0.3) is 0 Å². The number of esters is 1. The van der Waals surface area contributed by atoms with Gasteiger partial charge in [-0.05, 0) is 42.5 Å². The molecule has 0 radical (unpaired) electrons. The Morgan fingerprint density at radius 2 is 2.12 bits per heavy atom. The second-order valence-corrected chi connectivity index (χ2v) is 4.63. The number of hydrogen-bond acceptors (Lipinski definition) is 3. The van der Waals surface area contributed by atoms with Crippen LogP contribution in [0.3, 0.4) is 0 Å². The number of rotatable bonds is 2. The van der Waals surface area contributed by atoms with Crippen molar-refractivity contribution in [1.29, 1.82) is 0 Å². The monoisotopic (exact) mass is 254 g/mol. The topological polar surface area (TPSA) is 35.5 Å². The summed E-state index contributed by atoms with van der Waals surface area (Å²) in [5.74, 6) is 0.485. The van der Waals surface area contributed by atoms with Crippen molar-refractivity contribution < 1.29 is 14.3 Å². The Balaban J connectivity index is 2.28. The van der Waals surface area contributed by atoms with Crippen LogP contribution < -0.4 is 4.74 Å². The fourth-order valence-corrected chi connectivity index (χ4v) is 2.54. The van der Waals surface area contributed by atoms with Crippen molar-refractivity contribution in [2.45, 2.75) is 19.3 Å². The molecule has 92 valence electrons. The van der Waals surface area contributed by atoms with Gasteiger partial charge in [0, 0.05) is 0 Å². The van der Waals surface area contributed by atoms with E-state index in [1.165, 1.54) is 12.7 Å². The molecule has 1 aliphatic carbocycles. The number of halogens is 1. The molecule has 0 heterocycles. The van der Waals surface area contributed by atoms with E-state index < -0.39 is 0 Å². The molecule has 17 heavy (non-hydrogen) atoms. The minimum absolute atomic E-state index is 0.0432. The lowest BCUT2D eigenvalue weighted by Crippen LogP contribution is -2.23. The molecule has 1 aliphatic rings. The van der Waals surface area contributed by atoms with Crippen molar-refractivity contribution in [2.75, 3.05) is 14.2 Å². The first-order valence-corrected chi connectivity index (χ1v) is 5.96. The van der Waals surface area contributed by atoms with Crippen molar-refractivity contribution in [1.82, 2.24) is 0 Å². The number of methoxy groups -OCH3 is 2. The van der Waals surface area contributed by atoms with Crippen molar-refractivity contribution in [2.24, 2.45) is 5.92 Å². The van der Waals surface area contributed by atoms with Gasteiger partial charge in [-0.15, -0.1) is 0 Å². The predicted octanol–water partition coefficient (Wildman–Crippen LogP) is 2.63. The van der Waals surface area contributed by atoms with Gasteiger partial charge in [0.15, 0.2) is 0 Å². The molecule has 0 saturated carbocycles. The maximum absolute atomic E-state index is 11.5. The minimum Gasteiger partial charge on any atom is -0.495 e. The Kier molecular flexibility index (Phi) is 3.57. The summed E-state index contributed by atoms with van der Waals surface area (Å²) in [6.45, 7) is 0. The van der Waals surface area contributed by atoms with E-state index in [-0.39, 0.29) is 11.9 Å². The molecule has 3 nitrogen and oxygen atoms in total. The SMILES string of the molecule is COC(=O)C1CCc2cc(Cl)c(OC)cc2C1. The molecule has 4 heteroatoms. The van der Waals surface area contributed by atoms with Crippen molar-refractivity contribution in [3.05, 3.63) is 28.3 Å². The summed E-state index contributed by atoms with van der Waals surface area (Å²) in [5, 5.41) is 0.628. The van der Waals surface area contributed by atoms with Crippen LogP contribution in [-0.4, -0.2) is 20.2 Å². The fourth-order valence-electron chi connectivity index (χ4n) is 2.28. The van der Waals surface area contributed by atoms with E-state index >= 15 is 0 Å². The standard InChI is InChI=1S/C13H15ClO3/c1-16-12-7-10-5-9(13(15)17-2)4-3-8(10)6-11(12)14/h6-7,9H,3-5H2,1-2H3. The van der Waals surface area contributed by atoms with Crippen LogP contribution in [0.25, 0.3) is 0 Å². The van der Waals surface area contributed by atoms with Gasteiger partial charge in [-0.3, -0.25) is 4.79 Å². The lowest BCUT2D eigenvalue weighted by Gasteiger charge is -2.23. The molecule has 0 bridgehead atoms. The highest BCUT2D eigenvalue weighted by Crippen LogP contribution is 2.34. The van der Waals surface area contributed by atoms with E-state index in [2.05, 4.69) is 0 Å². The summed E-state index contributed by atoms with van der Waals surface area (Å²) in [5.41, 5.74) is 2.34. The fraction of sp³-hybridized carbons (Fsp3) is 0.462. The molecule has 1 aromatic carbocycles. The third-order valence-electron chi connectivity index (χ3n) is 3.24. The molecule has 0 aliphatic heterocycles. The molecule has 1 unspecified atom stereocenters. The minimum atomic E-state index is -0.135. The van der Waals surface area contributed by atoms with Crippen LogP contribution in [0.15, 0.2) is 12.1 Å². The Labute approximate surface area is 106 Å². The Morgan fingerprint density at radius 1 is 1.35 bits per heavy atom. The van der Waals surface area contributed by atoms with Gasteiger partial charge in [-0.25, -0.2) is 0 Å². The molecule has 0 aromatic heterocycles. The summed E-state index contributed by atoms with van der Waals surface area (Å²) < 4.78 is 9.97. The van der Waals surface area contributed by atoms with E-state index in [0.717, 1.165) is 18.4 Å². The third-order valence-corrected chi connectivity index (χ3v) is 3.53. The Bertz CT molecular complexity index is 443. The normalized spacial score (nSPS) is 18.4. The predicted molar refractivity (Wildman–Crippen MR) is 65.5 cm³/mol. The van der Waals surface area contributed by atoms with E-state index in [1.807, 2.05) is 12.1 Å². The van der Waals surface area contributed by atoms with Gasteiger partial charge in [0.05, 0.1) is 25.2 Å². The second kappa shape index (κ2) is 4.96. The maximum atomic E-state index is 11.5. The molecule has 0 fully saturated rings. The van der Waals surface area contributed by atoms with Crippen molar-refractivity contribution in [3.8, 4) is 5.75 Å². The largest absolute Gasteiger partial charge is 0.495 e. The van der Waals surface area contributed by atoms with Gasteiger partial charge in [0.1, 0.15) is 5.75 Å². The molecule has 0 N–H and O–H groups in total. The van der Waals surface area contributed by atoms with Crippen LogP contribution in [0.1, 0.15) is 17.5 Å². The van der Waals surface area contributed by atoms with Gasteiger partial charge in [0.2, 0.25) is 0 Å². The zero-order chi connectivity index (χ0) is 12.4. The van der Waals surface area contributed by atoms with E-state index in [9.17, 15) is 4.79 Å². The number of benzene rings is 1. The van der Waals surface area contributed by atoms with Gasteiger partial charge < -0.3 is 9.47 Å². The third kappa shape index (κ3) is 2.39. The van der Waals surface area contributed by atoms with E-state index in [0.29, 0.717) is 17.2 Å². The highest BCUT2D eigenvalue weighted by molar-refractivity contribution is 6.32. The van der Waals surface area contributed by atoms with Crippen LogP contribution in [0.5, 0.6) is 5.75 Å². The molecule has 0 saturated heterocycles. The molecule has 2 rings (SSSR count).